The SMILES string of the molecule is [NH3+]CCOc1ccc2cc(C(=O)CNCC(NS(=O)(=O)c3ccccc3)C(=O)O)cc(=O)n2c1. The predicted octanol–water partition coefficient (Wildman–Crippen LogP) is -0.876. The number of ketones is 1. The highest BCUT2D eigenvalue weighted by atomic mass is 32.2. The molecule has 0 aliphatic heterocycles. The number of hydrogen-bond acceptors (Lipinski definition) is 7. The van der Waals surface area contributed by atoms with E-state index in [2.05, 4.69) is 15.8 Å². The van der Waals surface area contributed by atoms with E-state index in [9.17, 15) is 27.9 Å². The lowest BCUT2D eigenvalue weighted by Gasteiger charge is -2.15. The largest absolute Gasteiger partial charge is 0.486 e. The Labute approximate surface area is 195 Å². The Morgan fingerprint density at radius 3 is 2.53 bits per heavy atom. The van der Waals surface area contributed by atoms with Crippen molar-refractivity contribution in [1.82, 2.24) is 14.4 Å². The molecule has 12 heteroatoms. The van der Waals surface area contributed by atoms with Crippen LogP contribution < -0.4 is 26.1 Å². The number of nitrogens with one attached hydrogen (secondary N) is 2. The summed E-state index contributed by atoms with van der Waals surface area (Å²) in [6.07, 6.45) is 1.52. The van der Waals surface area contributed by atoms with Gasteiger partial charge >= 0.3 is 5.97 Å². The molecule has 0 amide bonds. The number of aliphatic carboxylic acids is 1. The third kappa shape index (κ3) is 6.26. The molecule has 2 heterocycles. The second kappa shape index (κ2) is 11.0. The van der Waals surface area contributed by atoms with Crippen molar-refractivity contribution in [3.8, 4) is 5.75 Å². The van der Waals surface area contributed by atoms with Crippen LogP contribution in [0.25, 0.3) is 5.52 Å². The molecule has 0 fully saturated rings. The molecular formula is C22H25N4O7S+. The number of Topliss-reactive ketones (excluding diaryl/α,β-unsaturated/α-hetero) is 1. The Kier molecular flexibility index (Phi) is 8.12. The molecule has 0 aliphatic rings. The number of carbonyl (C=O) groups excluding carboxylic acids is 1. The van der Waals surface area contributed by atoms with Crippen LogP contribution in [0, 0.1) is 0 Å². The first kappa shape index (κ1) is 25.1. The van der Waals surface area contributed by atoms with Gasteiger partial charge in [0.1, 0.15) is 24.9 Å². The molecule has 0 radical (unpaired) electrons. The maximum absolute atomic E-state index is 12.6. The minimum Gasteiger partial charge on any atom is -0.486 e. The fourth-order valence-electron chi connectivity index (χ4n) is 3.11. The summed E-state index contributed by atoms with van der Waals surface area (Å²) in [7, 11) is -4.06. The summed E-state index contributed by atoms with van der Waals surface area (Å²) >= 11 is 0. The maximum atomic E-state index is 12.6. The molecule has 0 aliphatic carbocycles. The normalized spacial score (nSPS) is 12.4. The number of fused-ring (bicyclic) bond motifs is 1. The number of carboxylic acid groups (broad SMARTS) is 1. The van der Waals surface area contributed by atoms with Gasteiger partial charge in [-0.3, -0.25) is 18.8 Å². The zero-order valence-electron chi connectivity index (χ0n) is 18.1. The van der Waals surface area contributed by atoms with E-state index < -0.39 is 33.4 Å². The molecule has 1 aromatic carbocycles. The maximum Gasteiger partial charge on any atom is 0.323 e. The number of nitrogens with zero attached hydrogens (tertiary/aromatic N) is 1. The molecule has 11 nitrogen and oxygen atoms in total. The third-order valence-corrected chi connectivity index (χ3v) is 6.28. The first-order valence-electron chi connectivity index (χ1n) is 10.3. The van der Waals surface area contributed by atoms with Crippen LogP contribution in [0.4, 0.5) is 0 Å². The molecule has 0 saturated carbocycles. The first-order chi connectivity index (χ1) is 16.2. The first-order valence-corrected chi connectivity index (χ1v) is 11.8. The van der Waals surface area contributed by atoms with Gasteiger partial charge in [0.05, 0.1) is 17.6 Å². The minimum atomic E-state index is -4.06. The molecule has 1 atom stereocenters. The van der Waals surface area contributed by atoms with E-state index in [-0.39, 0.29) is 23.5 Å². The average molecular weight is 490 g/mol. The van der Waals surface area contributed by atoms with Crippen LogP contribution in [0.3, 0.4) is 0 Å². The molecule has 2 aromatic heterocycles. The number of carbonyl (C=O) groups is 2. The van der Waals surface area contributed by atoms with Gasteiger partial charge in [-0.2, -0.15) is 4.72 Å². The molecule has 0 bridgehead atoms. The zero-order valence-corrected chi connectivity index (χ0v) is 19.0. The number of benzene rings is 1. The van der Waals surface area contributed by atoms with Crippen LogP contribution in [-0.4, -0.2) is 62.0 Å². The number of rotatable bonds is 12. The quantitative estimate of drug-likeness (QED) is 0.238. The number of sulfonamides is 1. The molecule has 1 unspecified atom stereocenters. The highest BCUT2D eigenvalue weighted by Gasteiger charge is 2.25. The summed E-state index contributed by atoms with van der Waals surface area (Å²) in [5.41, 5.74) is 3.88. The number of carboxylic acids is 1. The Hall–Kier alpha value is -3.58. The van der Waals surface area contributed by atoms with E-state index in [1.807, 2.05) is 0 Å². The highest BCUT2D eigenvalue weighted by molar-refractivity contribution is 7.89. The van der Waals surface area contributed by atoms with Crippen LogP contribution in [0.5, 0.6) is 5.75 Å². The fourth-order valence-corrected chi connectivity index (χ4v) is 4.32. The van der Waals surface area contributed by atoms with Crippen molar-refractivity contribution in [1.29, 1.82) is 0 Å². The van der Waals surface area contributed by atoms with Crippen molar-refractivity contribution >= 4 is 27.3 Å². The van der Waals surface area contributed by atoms with Crippen LogP contribution in [-0.2, 0) is 14.8 Å². The number of pyridine rings is 2. The van der Waals surface area contributed by atoms with E-state index in [0.29, 0.717) is 24.4 Å². The van der Waals surface area contributed by atoms with Crippen molar-refractivity contribution in [3.05, 3.63) is 76.7 Å². The Morgan fingerprint density at radius 2 is 1.85 bits per heavy atom. The van der Waals surface area contributed by atoms with E-state index in [4.69, 9.17) is 4.74 Å². The summed E-state index contributed by atoms with van der Waals surface area (Å²) in [5.74, 6) is -1.36. The van der Waals surface area contributed by atoms with Crippen molar-refractivity contribution in [2.75, 3.05) is 26.2 Å². The van der Waals surface area contributed by atoms with Gasteiger partial charge in [-0.25, -0.2) is 8.42 Å². The molecule has 34 heavy (non-hydrogen) atoms. The predicted molar refractivity (Wildman–Crippen MR) is 122 cm³/mol. The second-order valence-corrected chi connectivity index (χ2v) is 9.04. The topological polar surface area (TPSA) is 171 Å². The van der Waals surface area contributed by atoms with Gasteiger partial charge in [-0.1, -0.05) is 18.2 Å². The summed E-state index contributed by atoms with van der Waals surface area (Å²) in [6, 6.07) is 11.9. The molecule has 0 spiro atoms. The Morgan fingerprint density at radius 1 is 1.12 bits per heavy atom. The molecule has 180 valence electrons. The minimum absolute atomic E-state index is 0.0751. The molecule has 3 rings (SSSR count). The van der Waals surface area contributed by atoms with Crippen LogP contribution in [0.1, 0.15) is 10.4 Å². The van der Waals surface area contributed by atoms with Gasteiger partial charge in [0, 0.05) is 23.7 Å². The van der Waals surface area contributed by atoms with Crippen molar-refractivity contribution < 1.29 is 33.6 Å². The molecule has 3 aromatic rings. The standard InChI is InChI=1S/C22H24N4O7S/c23-8-9-33-17-7-6-16-10-15(11-21(28)26(16)14-17)20(27)13-24-12-19(22(29)30)25-34(31,32)18-4-2-1-3-5-18/h1-7,10-11,14,19,24-25H,8-9,12-13,23H2,(H,29,30)/p+1. The summed E-state index contributed by atoms with van der Waals surface area (Å²) in [5, 5.41) is 12.0. The van der Waals surface area contributed by atoms with Gasteiger partial charge < -0.3 is 20.9 Å². The van der Waals surface area contributed by atoms with Crippen molar-refractivity contribution in [2.24, 2.45) is 0 Å². The highest BCUT2D eigenvalue weighted by Crippen LogP contribution is 2.13. The number of hydrogen-bond donors (Lipinski definition) is 4. The van der Waals surface area contributed by atoms with Gasteiger partial charge in [-0.15, -0.1) is 0 Å². The lowest BCUT2D eigenvalue weighted by molar-refractivity contribution is -0.370. The monoisotopic (exact) mass is 489 g/mol. The Balaban J connectivity index is 1.66. The lowest BCUT2D eigenvalue weighted by atomic mass is 10.1. The fraction of sp³-hybridized carbons (Fsp3) is 0.227. The van der Waals surface area contributed by atoms with Gasteiger partial charge in [-0.05, 0) is 30.3 Å². The van der Waals surface area contributed by atoms with Crippen LogP contribution in [0.2, 0.25) is 0 Å². The smallest absolute Gasteiger partial charge is 0.323 e. The van der Waals surface area contributed by atoms with Gasteiger partial charge in [0.15, 0.2) is 5.78 Å². The van der Waals surface area contributed by atoms with E-state index in [1.165, 1.54) is 47.0 Å². The van der Waals surface area contributed by atoms with E-state index in [0.717, 1.165) is 0 Å². The van der Waals surface area contributed by atoms with Crippen LogP contribution in [0.15, 0.2) is 70.5 Å². The van der Waals surface area contributed by atoms with E-state index >= 15 is 0 Å². The van der Waals surface area contributed by atoms with Crippen LogP contribution >= 0.6 is 0 Å². The summed E-state index contributed by atoms with van der Waals surface area (Å²) in [4.78, 5) is 36.5. The molecule has 0 saturated heterocycles. The van der Waals surface area contributed by atoms with Gasteiger partial charge in [0.25, 0.3) is 5.56 Å². The summed E-state index contributed by atoms with van der Waals surface area (Å²) < 4.78 is 33.7. The second-order valence-electron chi connectivity index (χ2n) is 7.32. The number of quaternary nitrogens is 1. The van der Waals surface area contributed by atoms with Crippen molar-refractivity contribution in [3.63, 3.8) is 0 Å². The third-order valence-electron chi connectivity index (χ3n) is 4.79. The van der Waals surface area contributed by atoms with Gasteiger partial charge in [0.2, 0.25) is 10.0 Å². The average Bonchev–Trinajstić information content (AvgIpc) is 2.82. The van der Waals surface area contributed by atoms with E-state index in [1.54, 1.807) is 18.2 Å². The zero-order chi connectivity index (χ0) is 24.7. The molecular weight excluding hydrogens is 464 g/mol. The summed E-state index contributed by atoms with van der Waals surface area (Å²) in [6.45, 7) is 0.342. The number of aromatic nitrogens is 1. The number of ether oxygens (including phenoxy) is 1. The Bertz CT molecular complexity index is 1340. The molecule has 6 N–H and O–H groups in total. The van der Waals surface area contributed by atoms with Crippen molar-refractivity contribution in [2.45, 2.75) is 10.9 Å². The lowest BCUT2D eigenvalue weighted by Crippen LogP contribution is -2.52.